The molecule has 2 atom stereocenters. The molecule has 1 fully saturated rings. The van der Waals surface area contributed by atoms with Gasteiger partial charge in [-0.2, -0.15) is 0 Å². The van der Waals surface area contributed by atoms with Crippen LogP contribution in [0.1, 0.15) is 52.9 Å². The summed E-state index contributed by atoms with van der Waals surface area (Å²) in [4.78, 5) is 25.7. The second-order valence-corrected chi connectivity index (χ2v) is 6.58. The van der Waals surface area contributed by atoms with E-state index in [2.05, 4.69) is 19.2 Å². The zero-order chi connectivity index (χ0) is 15.8. The molecule has 2 amide bonds. The molecular formula is C16H31N3O2. The zero-order valence-corrected chi connectivity index (χ0v) is 13.7. The first-order valence-corrected chi connectivity index (χ1v) is 8.25. The fourth-order valence-corrected chi connectivity index (χ4v) is 2.85. The molecule has 0 bridgehead atoms. The maximum Gasteiger partial charge on any atom is 0.239 e. The molecule has 1 rings (SSSR count). The molecule has 1 saturated heterocycles. The lowest BCUT2D eigenvalue weighted by atomic mass is 9.96. The van der Waals surface area contributed by atoms with Gasteiger partial charge in [-0.15, -0.1) is 0 Å². The maximum absolute atomic E-state index is 12.3. The van der Waals surface area contributed by atoms with Crippen molar-refractivity contribution in [2.45, 2.75) is 58.9 Å². The first-order chi connectivity index (χ1) is 9.93. The third-order valence-electron chi connectivity index (χ3n) is 3.94. The molecule has 3 N–H and O–H groups in total. The Morgan fingerprint density at radius 3 is 2.71 bits per heavy atom. The van der Waals surface area contributed by atoms with E-state index in [1.165, 1.54) is 0 Å². The first-order valence-electron chi connectivity index (χ1n) is 8.25. The number of nitrogens with one attached hydrogen (secondary N) is 1. The van der Waals surface area contributed by atoms with Crippen LogP contribution in [0.5, 0.6) is 0 Å². The van der Waals surface area contributed by atoms with Crippen molar-refractivity contribution in [3.63, 3.8) is 0 Å². The van der Waals surface area contributed by atoms with Gasteiger partial charge in [0.1, 0.15) is 0 Å². The van der Waals surface area contributed by atoms with E-state index in [1.807, 2.05) is 11.8 Å². The Morgan fingerprint density at radius 1 is 1.38 bits per heavy atom. The van der Waals surface area contributed by atoms with Crippen molar-refractivity contribution in [1.29, 1.82) is 0 Å². The van der Waals surface area contributed by atoms with Crippen molar-refractivity contribution >= 4 is 11.8 Å². The van der Waals surface area contributed by atoms with E-state index in [-0.39, 0.29) is 11.8 Å². The number of piperidine rings is 1. The van der Waals surface area contributed by atoms with E-state index in [4.69, 9.17) is 5.73 Å². The molecule has 0 aromatic heterocycles. The first kappa shape index (κ1) is 18.0. The summed E-state index contributed by atoms with van der Waals surface area (Å²) in [6.45, 7) is 8.34. The van der Waals surface area contributed by atoms with Crippen molar-refractivity contribution in [1.82, 2.24) is 10.2 Å². The van der Waals surface area contributed by atoms with Crippen molar-refractivity contribution in [2.24, 2.45) is 17.6 Å². The highest BCUT2D eigenvalue weighted by Gasteiger charge is 2.27. The van der Waals surface area contributed by atoms with Gasteiger partial charge in [0.05, 0.1) is 6.04 Å². The van der Waals surface area contributed by atoms with Crippen molar-refractivity contribution < 1.29 is 9.59 Å². The van der Waals surface area contributed by atoms with Gasteiger partial charge in [-0.25, -0.2) is 0 Å². The quantitative estimate of drug-likeness (QED) is 0.748. The van der Waals surface area contributed by atoms with E-state index in [1.54, 1.807) is 0 Å². The van der Waals surface area contributed by atoms with Crippen molar-refractivity contribution in [3.8, 4) is 0 Å². The number of rotatable bonds is 7. The Morgan fingerprint density at radius 2 is 2.10 bits per heavy atom. The van der Waals surface area contributed by atoms with Gasteiger partial charge in [0, 0.05) is 26.1 Å². The van der Waals surface area contributed by atoms with Gasteiger partial charge in [0.2, 0.25) is 11.8 Å². The van der Waals surface area contributed by atoms with Crippen LogP contribution in [0.2, 0.25) is 0 Å². The zero-order valence-electron chi connectivity index (χ0n) is 13.7. The molecule has 1 aliphatic heterocycles. The molecule has 5 heteroatoms. The number of amides is 2. The largest absolute Gasteiger partial charge is 0.356 e. The van der Waals surface area contributed by atoms with Crippen LogP contribution in [0, 0.1) is 11.8 Å². The van der Waals surface area contributed by atoms with Crippen LogP contribution in [0.3, 0.4) is 0 Å². The van der Waals surface area contributed by atoms with Crippen LogP contribution in [0.25, 0.3) is 0 Å². The van der Waals surface area contributed by atoms with Crippen molar-refractivity contribution in [3.05, 3.63) is 0 Å². The summed E-state index contributed by atoms with van der Waals surface area (Å²) in [5.41, 5.74) is 6.00. The highest BCUT2D eigenvalue weighted by atomic mass is 16.2. The summed E-state index contributed by atoms with van der Waals surface area (Å²) in [6.07, 6.45) is 4.23. The molecule has 0 spiro atoms. The van der Waals surface area contributed by atoms with Crippen LogP contribution < -0.4 is 11.1 Å². The number of likely N-dealkylation sites (tertiary alicyclic amines) is 1. The summed E-state index contributed by atoms with van der Waals surface area (Å²) < 4.78 is 0. The summed E-state index contributed by atoms with van der Waals surface area (Å²) in [5.74, 6) is 0.957. The fraction of sp³-hybridized carbons (Fsp3) is 0.875. The third kappa shape index (κ3) is 6.46. The topological polar surface area (TPSA) is 75.4 Å². The van der Waals surface area contributed by atoms with Gasteiger partial charge in [-0.1, -0.05) is 20.8 Å². The van der Waals surface area contributed by atoms with Gasteiger partial charge in [-0.3, -0.25) is 9.59 Å². The molecule has 21 heavy (non-hydrogen) atoms. The maximum atomic E-state index is 12.3. The second kappa shape index (κ2) is 9.03. The monoisotopic (exact) mass is 297 g/mol. The van der Waals surface area contributed by atoms with Crippen LogP contribution in [0.4, 0.5) is 0 Å². The van der Waals surface area contributed by atoms with E-state index < -0.39 is 6.04 Å². The molecule has 0 aromatic carbocycles. The van der Waals surface area contributed by atoms with E-state index in [9.17, 15) is 9.59 Å². The lowest BCUT2D eigenvalue weighted by Gasteiger charge is -2.34. The lowest BCUT2D eigenvalue weighted by molar-refractivity contribution is -0.134. The van der Waals surface area contributed by atoms with Crippen LogP contribution in [-0.2, 0) is 9.59 Å². The average molecular weight is 297 g/mol. The third-order valence-corrected chi connectivity index (χ3v) is 3.94. The number of nitrogens with two attached hydrogens (primary N) is 1. The minimum atomic E-state index is -0.390. The highest BCUT2D eigenvalue weighted by Crippen LogP contribution is 2.17. The Kier molecular flexibility index (Phi) is 7.72. The summed E-state index contributed by atoms with van der Waals surface area (Å²) in [5, 5.41) is 2.97. The lowest BCUT2D eigenvalue weighted by Crippen LogP contribution is -2.50. The molecule has 1 heterocycles. The van der Waals surface area contributed by atoms with E-state index in [0.29, 0.717) is 24.8 Å². The van der Waals surface area contributed by atoms with E-state index in [0.717, 1.165) is 38.8 Å². The number of hydrogen-bond donors (Lipinski definition) is 2. The molecule has 5 nitrogen and oxygen atoms in total. The van der Waals surface area contributed by atoms with Crippen molar-refractivity contribution in [2.75, 3.05) is 19.6 Å². The van der Waals surface area contributed by atoms with Crippen LogP contribution >= 0.6 is 0 Å². The molecule has 0 aromatic rings. The second-order valence-electron chi connectivity index (χ2n) is 6.58. The summed E-state index contributed by atoms with van der Waals surface area (Å²) in [7, 11) is 0. The Labute approximate surface area is 128 Å². The minimum absolute atomic E-state index is 0.0632. The predicted octanol–water partition coefficient (Wildman–Crippen LogP) is 1.51. The number of carbonyl (C=O) groups excluding carboxylic acids is 2. The summed E-state index contributed by atoms with van der Waals surface area (Å²) in [6, 6.07) is -0.390. The standard InChI is InChI=1S/C16H31N3O2/c1-4-6-15(20)18-10-13-7-5-8-19(11-13)16(21)14(17)9-12(2)3/h12-14H,4-11,17H2,1-3H3,(H,18,20)/t13?,14-/m0/s1. The van der Waals surface area contributed by atoms with Gasteiger partial charge in [0.15, 0.2) is 0 Å². The Bertz CT molecular complexity index is 344. The van der Waals surface area contributed by atoms with Crippen LogP contribution in [-0.4, -0.2) is 42.4 Å². The Hall–Kier alpha value is -1.10. The van der Waals surface area contributed by atoms with Gasteiger partial charge in [0.25, 0.3) is 0 Å². The molecule has 0 aliphatic carbocycles. The summed E-state index contributed by atoms with van der Waals surface area (Å²) >= 11 is 0. The van der Waals surface area contributed by atoms with Gasteiger partial charge < -0.3 is 16.0 Å². The predicted molar refractivity (Wildman–Crippen MR) is 84.7 cm³/mol. The molecule has 0 saturated carbocycles. The van der Waals surface area contributed by atoms with E-state index >= 15 is 0 Å². The Balaban J connectivity index is 2.40. The normalized spacial score (nSPS) is 20.4. The van der Waals surface area contributed by atoms with Crippen LogP contribution in [0.15, 0.2) is 0 Å². The number of carbonyl (C=O) groups is 2. The molecule has 122 valence electrons. The SMILES string of the molecule is CCCC(=O)NCC1CCCN(C(=O)[C@@H](N)CC(C)C)C1. The highest BCUT2D eigenvalue weighted by molar-refractivity contribution is 5.81. The molecule has 1 aliphatic rings. The molecular weight excluding hydrogens is 266 g/mol. The molecule has 0 radical (unpaired) electrons. The minimum Gasteiger partial charge on any atom is -0.356 e. The molecule has 1 unspecified atom stereocenters. The van der Waals surface area contributed by atoms with Gasteiger partial charge >= 0.3 is 0 Å². The van der Waals surface area contributed by atoms with Gasteiger partial charge in [-0.05, 0) is 37.5 Å². The number of nitrogens with zero attached hydrogens (tertiary/aromatic N) is 1. The fourth-order valence-electron chi connectivity index (χ4n) is 2.85. The smallest absolute Gasteiger partial charge is 0.239 e. The number of hydrogen-bond acceptors (Lipinski definition) is 3. The average Bonchev–Trinajstić information content (AvgIpc) is 2.44.